The second-order valence-corrected chi connectivity index (χ2v) is 4.07. The molecule has 1 aromatic rings. The predicted molar refractivity (Wildman–Crippen MR) is 69.6 cm³/mol. The van der Waals surface area contributed by atoms with E-state index in [0.29, 0.717) is 6.42 Å². The average molecular weight is 249 g/mol. The smallest absolute Gasteiger partial charge is 0.356 e. The first-order valence-electron chi connectivity index (χ1n) is 6.20. The highest BCUT2D eigenvalue weighted by Crippen LogP contribution is 2.05. The number of carbonyl (C=O) groups excluding carboxylic acids is 1. The molecule has 0 amide bonds. The van der Waals surface area contributed by atoms with Gasteiger partial charge in [0.15, 0.2) is 5.71 Å². The number of nitrogens with zero attached hydrogens (tertiary/aromatic N) is 1. The molecule has 0 unspecified atom stereocenters. The Morgan fingerprint density at radius 3 is 2.61 bits per heavy atom. The van der Waals surface area contributed by atoms with Gasteiger partial charge >= 0.3 is 5.97 Å². The molecule has 1 rings (SSSR count). The number of ether oxygens (including phenoxy) is 1. The molecule has 0 bridgehead atoms. The molecular formula is C14H19NO3. The zero-order valence-electron chi connectivity index (χ0n) is 10.6. The molecule has 0 fully saturated rings. The Labute approximate surface area is 107 Å². The Morgan fingerprint density at radius 2 is 2.00 bits per heavy atom. The highest BCUT2D eigenvalue weighted by atomic mass is 16.5. The maximum absolute atomic E-state index is 11.6. The second-order valence-electron chi connectivity index (χ2n) is 4.07. The van der Waals surface area contributed by atoms with Gasteiger partial charge in [0.25, 0.3) is 0 Å². The van der Waals surface area contributed by atoms with Crippen LogP contribution in [0.15, 0.2) is 35.5 Å². The summed E-state index contributed by atoms with van der Waals surface area (Å²) in [5.74, 6) is -0.544. The monoisotopic (exact) mass is 249 g/mol. The van der Waals surface area contributed by atoms with Crippen LogP contribution in [0, 0.1) is 0 Å². The average Bonchev–Trinajstić information content (AvgIpc) is 2.42. The third-order valence-corrected chi connectivity index (χ3v) is 2.59. The van der Waals surface area contributed by atoms with Crippen LogP contribution >= 0.6 is 0 Å². The number of hydrogen-bond acceptors (Lipinski definition) is 4. The molecule has 98 valence electrons. The van der Waals surface area contributed by atoms with Crippen LogP contribution in [-0.2, 0) is 16.1 Å². The van der Waals surface area contributed by atoms with Crippen LogP contribution in [0.25, 0.3) is 0 Å². The number of oxime groups is 1. The van der Waals surface area contributed by atoms with Gasteiger partial charge in [0, 0.05) is 6.42 Å². The molecule has 0 aliphatic rings. The minimum absolute atomic E-state index is 0.0966. The van der Waals surface area contributed by atoms with Gasteiger partial charge < -0.3 is 9.94 Å². The van der Waals surface area contributed by atoms with Crippen molar-refractivity contribution in [1.82, 2.24) is 0 Å². The van der Waals surface area contributed by atoms with Gasteiger partial charge in [-0.1, -0.05) is 55.3 Å². The van der Waals surface area contributed by atoms with E-state index in [9.17, 15) is 4.79 Å². The van der Waals surface area contributed by atoms with Gasteiger partial charge in [-0.3, -0.25) is 0 Å². The second kappa shape index (κ2) is 8.28. The number of rotatable bonds is 7. The first kappa shape index (κ1) is 14.2. The number of unbranched alkanes of at least 4 members (excludes halogenated alkanes) is 2. The Hall–Kier alpha value is -1.84. The molecule has 4 heteroatoms. The van der Waals surface area contributed by atoms with Crippen molar-refractivity contribution in [2.75, 3.05) is 0 Å². The molecule has 0 aromatic heterocycles. The van der Waals surface area contributed by atoms with Crippen LogP contribution in [0.2, 0.25) is 0 Å². The van der Waals surface area contributed by atoms with E-state index in [4.69, 9.17) is 9.94 Å². The lowest BCUT2D eigenvalue weighted by Gasteiger charge is -2.06. The predicted octanol–water partition coefficient (Wildman–Crippen LogP) is 3.14. The highest BCUT2D eigenvalue weighted by molar-refractivity contribution is 6.36. The van der Waals surface area contributed by atoms with Gasteiger partial charge in [-0.15, -0.1) is 0 Å². The molecule has 1 N–H and O–H groups in total. The van der Waals surface area contributed by atoms with Crippen LogP contribution in [0.1, 0.15) is 38.2 Å². The van der Waals surface area contributed by atoms with Crippen molar-refractivity contribution in [3.8, 4) is 0 Å². The van der Waals surface area contributed by atoms with Crippen molar-refractivity contribution in [3.63, 3.8) is 0 Å². The van der Waals surface area contributed by atoms with Crippen LogP contribution in [-0.4, -0.2) is 16.9 Å². The van der Waals surface area contributed by atoms with E-state index in [1.165, 1.54) is 0 Å². The standard InChI is InChI=1S/C14H19NO3/c1-2-3-5-10-13(15-17)14(16)18-11-12-8-6-4-7-9-12/h4,6-9,17H,2-3,5,10-11H2,1H3. The number of benzene rings is 1. The Bertz CT molecular complexity index is 387. The van der Waals surface area contributed by atoms with E-state index in [2.05, 4.69) is 12.1 Å². The Balaban J connectivity index is 2.39. The maximum atomic E-state index is 11.6. The lowest BCUT2D eigenvalue weighted by molar-refractivity contribution is -0.137. The van der Waals surface area contributed by atoms with E-state index in [1.54, 1.807) is 0 Å². The van der Waals surface area contributed by atoms with Crippen LogP contribution in [0.4, 0.5) is 0 Å². The molecular weight excluding hydrogens is 230 g/mol. The number of esters is 1. The van der Waals surface area contributed by atoms with Crippen molar-refractivity contribution in [3.05, 3.63) is 35.9 Å². The summed E-state index contributed by atoms with van der Waals surface area (Å²) in [4.78, 5) is 11.6. The zero-order chi connectivity index (χ0) is 13.2. The first-order chi connectivity index (χ1) is 8.77. The van der Waals surface area contributed by atoms with Crippen molar-refractivity contribution in [2.45, 2.75) is 39.2 Å². The fourth-order valence-corrected chi connectivity index (χ4v) is 1.54. The summed E-state index contributed by atoms with van der Waals surface area (Å²) >= 11 is 0. The third kappa shape index (κ3) is 4.99. The third-order valence-electron chi connectivity index (χ3n) is 2.59. The van der Waals surface area contributed by atoms with Gasteiger partial charge in [-0.05, 0) is 12.0 Å². The molecule has 0 spiro atoms. The quantitative estimate of drug-likeness (QED) is 0.265. The first-order valence-corrected chi connectivity index (χ1v) is 6.20. The highest BCUT2D eigenvalue weighted by Gasteiger charge is 2.13. The SMILES string of the molecule is CCCCCC(=NO)C(=O)OCc1ccccc1. The molecule has 0 atom stereocenters. The molecule has 1 aromatic carbocycles. The molecule has 0 radical (unpaired) electrons. The van der Waals surface area contributed by atoms with E-state index in [-0.39, 0.29) is 12.3 Å². The van der Waals surface area contributed by atoms with E-state index in [1.807, 2.05) is 30.3 Å². The molecule has 0 aliphatic heterocycles. The fourth-order valence-electron chi connectivity index (χ4n) is 1.54. The Kier molecular flexibility index (Phi) is 6.54. The van der Waals surface area contributed by atoms with Crippen molar-refractivity contribution >= 4 is 11.7 Å². The van der Waals surface area contributed by atoms with Gasteiger partial charge in [-0.2, -0.15) is 0 Å². The zero-order valence-corrected chi connectivity index (χ0v) is 10.6. The lowest BCUT2D eigenvalue weighted by Crippen LogP contribution is -2.17. The molecule has 4 nitrogen and oxygen atoms in total. The fraction of sp³-hybridized carbons (Fsp3) is 0.429. The molecule has 0 saturated carbocycles. The summed E-state index contributed by atoms with van der Waals surface area (Å²) < 4.78 is 5.08. The summed E-state index contributed by atoms with van der Waals surface area (Å²) in [7, 11) is 0. The topological polar surface area (TPSA) is 58.9 Å². The van der Waals surface area contributed by atoms with Crippen molar-refractivity contribution < 1.29 is 14.7 Å². The molecule has 0 saturated heterocycles. The lowest BCUT2D eigenvalue weighted by atomic mass is 10.1. The van der Waals surface area contributed by atoms with Gasteiger partial charge in [-0.25, -0.2) is 4.79 Å². The van der Waals surface area contributed by atoms with E-state index in [0.717, 1.165) is 24.8 Å². The summed E-state index contributed by atoms with van der Waals surface area (Å²) in [6, 6.07) is 9.41. The summed E-state index contributed by atoms with van der Waals surface area (Å²) in [5.41, 5.74) is 1.01. The molecule has 0 heterocycles. The van der Waals surface area contributed by atoms with Crippen molar-refractivity contribution in [2.24, 2.45) is 5.16 Å². The number of carbonyl (C=O) groups is 1. The van der Waals surface area contributed by atoms with Crippen molar-refractivity contribution in [1.29, 1.82) is 0 Å². The van der Waals surface area contributed by atoms with Gasteiger partial charge in [0.2, 0.25) is 0 Å². The largest absolute Gasteiger partial charge is 0.456 e. The molecule has 18 heavy (non-hydrogen) atoms. The van der Waals surface area contributed by atoms with E-state index < -0.39 is 5.97 Å². The molecule has 0 aliphatic carbocycles. The van der Waals surface area contributed by atoms with Gasteiger partial charge in [0.05, 0.1) is 0 Å². The minimum Gasteiger partial charge on any atom is -0.456 e. The van der Waals surface area contributed by atoms with E-state index >= 15 is 0 Å². The normalized spacial score (nSPS) is 11.3. The van der Waals surface area contributed by atoms with Crippen LogP contribution < -0.4 is 0 Å². The van der Waals surface area contributed by atoms with Crippen LogP contribution in [0.3, 0.4) is 0 Å². The van der Waals surface area contributed by atoms with Crippen LogP contribution in [0.5, 0.6) is 0 Å². The van der Waals surface area contributed by atoms with Gasteiger partial charge in [0.1, 0.15) is 6.61 Å². The minimum atomic E-state index is -0.544. The summed E-state index contributed by atoms with van der Waals surface area (Å²) in [6.45, 7) is 2.27. The maximum Gasteiger partial charge on any atom is 0.356 e. The summed E-state index contributed by atoms with van der Waals surface area (Å²) in [5, 5.41) is 11.8. The summed E-state index contributed by atoms with van der Waals surface area (Å²) in [6.07, 6.45) is 3.34. The Morgan fingerprint density at radius 1 is 1.28 bits per heavy atom. The number of hydrogen-bond donors (Lipinski definition) is 1.